The molecule has 2 aromatic carbocycles. The van der Waals surface area contributed by atoms with Gasteiger partial charge in [-0.15, -0.1) is 5.10 Å². The minimum atomic E-state index is -0.146. The lowest BCUT2D eigenvalue weighted by Gasteiger charge is -2.09. The molecule has 3 rings (SSSR count). The van der Waals surface area contributed by atoms with E-state index >= 15 is 0 Å². The third-order valence-corrected chi connectivity index (χ3v) is 3.84. The zero-order valence-electron chi connectivity index (χ0n) is 13.8. The van der Waals surface area contributed by atoms with E-state index in [1.165, 1.54) is 0 Å². The molecule has 3 aromatic rings. The van der Waals surface area contributed by atoms with Crippen LogP contribution in [0.1, 0.15) is 29.3 Å². The van der Waals surface area contributed by atoms with E-state index in [1.807, 2.05) is 35.0 Å². The maximum Gasteiger partial charge on any atom is 0.251 e. The molecule has 124 valence electrons. The second-order valence-corrected chi connectivity index (χ2v) is 5.51. The molecule has 1 heterocycles. The average molecular weight is 324 g/mol. The molecule has 6 heteroatoms. The predicted octanol–water partition coefficient (Wildman–Crippen LogP) is 2.78. The van der Waals surface area contributed by atoms with Gasteiger partial charge in [-0.05, 0) is 30.7 Å². The van der Waals surface area contributed by atoms with Crippen molar-refractivity contribution in [1.82, 2.24) is 20.3 Å². The molecule has 0 fully saturated rings. The molecule has 0 bridgehead atoms. The van der Waals surface area contributed by atoms with Crippen LogP contribution in [-0.2, 0) is 13.1 Å². The number of methoxy groups -OCH3 is 1. The number of carbonyl (C=O) groups excluding carboxylic acids is 1. The van der Waals surface area contributed by atoms with E-state index in [0.29, 0.717) is 12.1 Å². The molecule has 0 atom stereocenters. The molecule has 0 aliphatic rings. The van der Waals surface area contributed by atoms with Crippen LogP contribution in [0.25, 0.3) is 11.0 Å². The zero-order valence-corrected chi connectivity index (χ0v) is 13.8. The number of benzene rings is 2. The second kappa shape index (κ2) is 7.12. The summed E-state index contributed by atoms with van der Waals surface area (Å²) in [4.78, 5) is 12.4. The SMILES string of the molecule is CCCn1nnc2cc(C(=O)NCc3ccccc3OC)ccc21. The quantitative estimate of drug-likeness (QED) is 0.757. The van der Waals surface area contributed by atoms with Crippen LogP contribution < -0.4 is 10.1 Å². The third kappa shape index (κ3) is 3.22. The highest BCUT2D eigenvalue weighted by Gasteiger charge is 2.11. The van der Waals surface area contributed by atoms with Crippen LogP contribution in [0.4, 0.5) is 0 Å². The number of hydrogen-bond donors (Lipinski definition) is 1. The molecule has 1 amide bonds. The van der Waals surface area contributed by atoms with E-state index in [2.05, 4.69) is 22.6 Å². The molecule has 1 N–H and O–H groups in total. The van der Waals surface area contributed by atoms with Gasteiger partial charge in [-0.3, -0.25) is 4.79 Å². The Morgan fingerprint density at radius 2 is 2.08 bits per heavy atom. The summed E-state index contributed by atoms with van der Waals surface area (Å²) in [6, 6.07) is 13.1. The van der Waals surface area contributed by atoms with Gasteiger partial charge >= 0.3 is 0 Å². The van der Waals surface area contributed by atoms with Crippen molar-refractivity contribution < 1.29 is 9.53 Å². The minimum Gasteiger partial charge on any atom is -0.496 e. The van der Waals surface area contributed by atoms with Crippen molar-refractivity contribution in [3.8, 4) is 5.75 Å². The maximum atomic E-state index is 12.4. The molecule has 0 aliphatic carbocycles. The Morgan fingerprint density at radius 1 is 1.25 bits per heavy atom. The van der Waals surface area contributed by atoms with E-state index in [-0.39, 0.29) is 5.91 Å². The first-order chi connectivity index (χ1) is 11.7. The van der Waals surface area contributed by atoms with Gasteiger partial charge in [0.1, 0.15) is 11.3 Å². The fourth-order valence-electron chi connectivity index (χ4n) is 2.62. The lowest BCUT2D eigenvalue weighted by atomic mass is 10.1. The summed E-state index contributed by atoms with van der Waals surface area (Å²) in [5.41, 5.74) is 3.18. The lowest BCUT2D eigenvalue weighted by molar-refractivity contribution is 0.0951. The lowest BCUT2D eigenvalue weighted by Crippen LogP contribution is -2.23. The van der Waals surface area contributed by atoms with Gasteiger partial charge in [0.15, 0.2) is 0 Å². The Morgan fingerprint density at radius 3 is 2.88 bits per heavy atom. The molecule has 0 radical (unpaired) electrons. The average Bonchev–Trinajstić information content (AvgIpc) is 3.02. The normalized spacial score (nSPS) is 10.8. The number of aromatic nitrogens is 3. The highest BCUT2D eigenvalue weighted by Crippen LogP contribution is 2.17. The molecule has 6 nitrogen and oxygen atoms in total. The van der Waals surface area contributed by atoms with Crippen LogP contribution in [0.15, 0.2) is 42.5 Å². The molecule has 0 unspecified atom stereocenters. The Balaban J connectivity index is 1.74. The van der Waals surface area contributed by atoms with Gasteiger partial charge in [0.25, 0.3) is 5.91 Å². The van der Waals surface area contributed by atoms with Crippen LogP contribution in [0.2, 0.25) is 0 Å². The van der Waals surface area contributed by atoms with E-state index in [1.54, 1.807) is 19.2 Å². The van der Waals surface area contributed by atoms with Gasteiger partial charge in [0, 0.05) is 24.2 Å². The number of aryl methyl sites for hydroxylation is 1. The number of nitrogens with one attached hydrogen (secondary N) is 1. The van der Waals surface area contributed by atoms with Crippen LogP contribution in [0.5, 0.6) is 5.75 Å². The molecular formula is C18H20N4O2. The number of ether oxygens (including phenoxy) is 1. The Labute approximate surface area is 140 Å². The number of nitrogens with zero attached hydrogens (tertiary/aromatic N) is 3. The van der Waals surface area contributed by atoms with Gasteiger partial charge in [-0.25, -0.2) is 4.68 Å². The summed E-state index contributed by atoms with van der Waals surface area (Å²) < 4.78 is 7.15. The van der Waals surface area contributed by atoms with E-state index in [9.17, 15) is 4.79 Å². The van der Waals surface area contributed by atoms with Gasteiger partial charge < -0.3 is 10.1 Å². The predicted molar refractivity (Wildman–Crippen MR) is 92.0 cm³/mol. The second-order valence-electron chi connectivity index (χ2n) is 5.51. The van der Waals surface area contributed by atoms with E-state index < -0.39 is 0 Å². The Kier molecular flexibility index (Phi) is 4.74. The van der Waals surface area contributed by atoms with Crippen LogP contribution in [0.3, 0.4) is 0 Å². The fraction of sp³-hybridized carbons (Fsp3) is 0.278. The van der Waals surface area contributed by atoms with Crippen molar-refractivity contribution in [2.24, 2.45) is 0 Å². The largest absolute Gasteiger partial charge is 0.496 e. The summed E-state index contributed by atoms with van der Waals surface area (Å²) in [6.45, 7) is 3.31. The summed E-state index contributed by atoms with van der Waals surface area (Å²) in [7, 11) is 1.62. The number of hydrogen-bond acceptors (Lipinski definition) is 4. The molecule has 0 saturated heterocycles. The van der Waals surface area contributed by atoms with Gasteiger partial charge in [-0.2, -0.15) is 0 Å². The van der Waals surface area contributed by atoms with Gasteiger partial charge in [0.05, 0.1) is 12.6 Å². The molecule has 0 aliphatic heterocycles. The van der Waals surface area contributed by atoms with Crippen molar-refractivity contribution in [3.63, 3.8) is 0 Å². The van der Waals surface area contributed by atoms with Crippen molar-refractivity contribution in [1.29, 1.82) is 0 Å². The highest BCUT2D eigenvalue weighted by molar-refractivity contribution is 5.97. The van der Waals surface area contributed by atoms with E-state index in [4.69, 9.17) is 4.74 Å². The summed E-state index contributed by atoms with van der Waals surface area (Å²) >= 11 is 0. The van der Waals surface area contributed by atoms with Crippen molar-refractivity contribution in [2.75, 3.05) is 7.11 Å². The van der Waals surface area contributed by atoms with Gasteiger partial charge in [-0.1, -0.05) is 30.3 Å². The number of amides is 1. The van der Waals surface area contributed by atoms with Crippen LogP contribution in [0, 0.1) is 0 Å². The minimum absolute atomic E-state index is 0.146. The summed E-state index contributed by atoms with van der Waals surface area (Å²) in [5, 5.41) is 11.2. The number of para-hydroxylation sites is 1. The van der Waals surface area contributed by atoms with Crippen molar-refractivity contribution in [2.45, 2.75) is 26.4 Å². The number of carbonyl (C=O) groups is 1. The number of rotatable bonds is 6. The van der Waals surface area contributed by atoms with E-state index in [0.717, 1.165) is 35.3 Å². The highest BCUT2D eigenvalue weighted by atomic mass is 16.5. The van der Waals surface area contributed by atoms with Crippen molar-refractivity contribution >= 4 is 16.9 Å². The molecule has 1 aromatic heterocycles. The zero-order chi connectivity index (χ0) is 16.9. The molecule has 0 saturated carbocycles. The van der Waals surface area contributed by atoms with Gasteiger partial charge in [0.2, 0.25) is 0 Å². The fourth-order valence-corrected chi connectivity index (χ4v) is 2.62. The monoisotopic (exact) mass is 324 g/mol. The maximum absolute atomic E-state index is 12.4. The smallest absolute Gasteiger partial charge is 0.251 e. The van der Waals surface area contributed by atoms with Crippen molar-refractivity contribution in [3.05, 3.63) is 53.6 Å². The standard InChI is InChI=1S/C18H20N4O2/c1-3-10-22-16-9-8-13(11-15(16)20-21-22)18(23)19-12-14-6-4-5-7-17(14)24-2/h4-9,11H,3,10,12H2,1-2H3,(H,19,23). The topological polar surface area (TPSA) is 69.0 Å². The Bertz CT molecular complexity index is 857. The summed E-state index contributed by atoms with van der Waals surface area (Å²) in [6.07, 6.45) is 0.986. The number of fused-ring (bicyclic) bond motifs is 1. The van der Waals surface area contributed by atoms with Crippen LogP contribution in [-0.4, -0.2) is 28.0 Å². The Hall–Kier alpha value is -2.89. The summed E-state index contributed by atoms with van der Waals surface area (Å²) in [5.74, 6) is 0.614. The molecular weight excluding hydrogens is 304 g/mol. The first-order valence-electron chi connectivity index (χ1n) is 7.96. The van der Waals surface area contributed by atoms with Crippen LogP contribution >= 0.6 is 0 Å². The third-order valence-electron chi connectivity index (χ3n) is 3.84. The first kappa shape index (κ1) is 16.0. The first-order valence-corrected chi connectivity index (χ1v) is 7.96. The molecule has 24 heavy (non-hydrogen) atoms. The molecule has 0 spiro atoms.